The molecule has 1 aromatic heterocycles. The van der Waals surface area contributed by atoms with Gasteiger partial charge in [0.25, 0.3) is 5.91 Å². The smallest absolute Gasteiger partial charge is 0.259 e. The molecule has 2 aliphatic heterocycles. The second-order valence-corrected chi connectivity index (χ2v) is 7.96. The molecule has 0 bridgehead atoms. The summed E-state index contributed by atoms with van der Waals surface area (Å²) in [5.41, 5.74) is 0.733. The zero-order chi connectivity index (χ0) is 19.7. The van der Waals surface area contributed by atoms with Crippen LogP contribution in [0.5, 0.6) is 0 Å². The third kappa shape index (κ3) is 3.71. The molecule has 0 radical (unpaired) electrons. The van der Waals surface area contributed by atoms with E-state index in [2.05, 4.69) is 4.90 Å². The van der Waals surface area contributed by atoms with Gasteiger partial charge in [0.1, 0.15) is 5.56 Å². The molecule has 0 unspecified atom stereocenters. The second kappa shape index (κ2) is 7.47. The van der Waals surface area contributed by atoms with Crippen LogP contribution in [0.4, 0.5) is 8.78 Å². The number of pyridine rings is 1. The molecule has 2 fully saturated rings. The number of carbonyl (C=O) groups is 1. The van der Waals surface area contributed by atoms with E-state index in [1.807, 2.05) is 4.90 Å². The third-order valence-electron chi connectivity index (χ3n) is 5.91. The molecule has 2 saturated heterocycles. The third-order valence-corrected chi connectivity index (χ3v) is 5.91. The molecule has 5 nitrogen and oxygen atoms in total. The van der Waals surface area contributed by atoms with Crippen LogP contribution in [-0.4, -0.2) is 41.9 Å². The molecular formula is C21H23F2N3O2. The van der Waals surface area contributed by atoms with Gasteiger partial charge in [0.2, 0.25) is 0 Å². The number of aromatic nitrogens is 1. The molecule has 0 saturated carbocycles. The first-order valence-corrected chi connectivity index (χ1v) is 9.59. The lowest BCUT2D eigenvalue weighted by atomic mass is 9.79. The predicted octanol–water partition coefficient (Wildman–Crippen LogP) is 2.73. The molecule has 148 valence electrons. The molecule has 1 aromatic carbocycles. The van der Waals surface area contributed by atoms with E-state index in [-0.39, 0.29) is 11.3 Å². The number of carbonyl (C=O) groups excluding carboxylic acids is 1. The van der Waals surface area contributed by atoms with Crippen LogP contribution in [0.3, 0.4) is 0 Å². The van der Waals surface area contributed by atoms with E-state index in [1.165, 1.54) is 18.5 Å². The molecule has 1 spiro atoms. The first-order chi connectivity index (χ1) is 13.5. The number of piperidine rings is 1. The molecule has 4 rings (SSSR count). The van der Waals surface area contributed by atoms with Crippen LogP contribution in [0.1, 0.15) is 35.2 Å². The Balaban J connectivity index is 1.44. The lowest BCUT2D eigenvalue weighted by molar-refractivity contribution is -0.605. The maximum atomic E-state index is 14.0. The average Bonchev–Trinajstić information content (AvgIpc) is 3.08. The highest BCUT2D eigenvalue weighted by Gasteiger charge is 2.43. The van der Waals surface area contributed by atoms with Gasteiger partial charge in [-0.2, -0.15) is 4.73 Å². The number of benzene rings is 1. The van der Waals surface area contributed by atoms with Crippen LogP contribution in [0.2, 0.25) is 0 Å². The molecule has 1 amide bonds. The normalized spacial score (nSPS) is 22.7. The summed E-state index contributed by atoms with van der Waals surface area (Å²) < 4.78 is 28.2. The van der Waals surface area contributed by atoms with Crippen LogP contribution in [0.15, 0.2) is 42.7 Å². The van der Waals surface area contributed by atoms with Crippen molar-refractivity contribution in [1.29, 1.82) is 0 Å². The van der Waals surface area contributed by atoms with Crippen LogP contribution in [0.25, 0.3) is 0 Å². The number of likely N-dealkylation sites (tertiary alicyclic amines) is 2. The number of halogens is 2. The summed E-state index contributed by atoms with van der Waals surface area (Å²) in [6.07, 6.45) is 5.51. The molecule has 2 aliphatic rings. The van der Waals surface area contributed by atoms with Gasteiger partial charge in [-0.3, -0.25) is 9.69 Å². The van der Waals surface area contributed by atoms with Crippen molar-refractivity contribution in [1.82, 2.24) is 9.80 Å². The van der Waals surface area contributed by atoms with E-state index in [0.29, 0.717) is 35.5 Å². The molecule has 7 heteroatoms. The Kier molecular flexibility index (Phi) is 5.02. The van der Waals surface area contributed by atoms with Gasteiger partial charge in [0, 0.05) is 43.2 Å². The maximum Gasteiger partial charge on any atom is 0.259 e. The monoisotopic (exact) mass is 387 g/mol. The maximum absolute atomic E-state index is 14.0. The van der Waals surface area contributed by atoms with Gasteiger partial charge < -0.3 is 10.1 Å². The summed E-state index contributed by atoms with van der Waals surface area (Å²) >= 11 is 0. The first-order valence-electron chi connectivity index (χ1n) is 9.59. The minimum Gasteiger partial charge on any atom is -0.619 e. The van der Waals surface area contributed by atoms with Gasteiger partial charge in [-0.15, -0.1) is 0 Å². The Morgan fingerprint density at radius 2 is 2.00 bits per heavy atom. The quantitative estimate of drug-likeness (QED) is 0.601. The van der Waals surface area contributed by atoms with Crippen LogP contribution < -0.4 is 4.73 Å². The van der Waals surface area contributed by atoms with E-state index in [1.54, 1.807) is 18.2 Å². The fourth-order valence-corrected chi connectivity index (χ4v) is 4.56. The Morgan fingerprint density at radius 3 is 2.82 bits per heavy atom. The summed E-state index contributed by atoms with van der Waals surface area (Å²) in [4.78, 5) is 16.7. The summed E-state index contributed by atoms with van der Waals surface area (Å²) in [6.45, 7) is 3.23. The molecule has 0 N–H and O–H groups in total. The fourth-order valence-electron chi connectivity index (χ4n) is 4.56. The zero-order valence-corrected chi connectivity index (χ0v) is 15.6. The van der Waals surface area contributed by atoms with Gasteiger partial charge in [-0.05, 0) is 37.9 Å². The minimum absolute atomic E-state index is 0.0278. The average molecular weight is 387 g/mol. The largest absolute Gasteiger partial charge is 0.619 e. The van der Waals surface area contributed by atoms with E-state index >= 15 is 0 Å². The van der Waals surface area contributed by atoms with Gasteiger partial charge in [0.05, 0.1) is 0 Å². The number of amides is 1. The van der Waals surface area contributed by atoms with Crippen molar-refractivity contribution in [2.75, 3.05) is 26.2 Å². The van der Waals surface area contributed by atoms with Gasteiger partial charge in [-0.1, -0.05) is 12.1 Å². The highest BCUT2D eigenvalue weighted by Crippen LogP contribution is 2.39. The van der Waals surface area contributed by atoms with Crippen molar-refractivity contribution in [3.8, 4) is 0 Å². The Bertz CT molecular complexity index is 892. The fraction of sp³-hybridized carbons (Fsp3) is 0.429. The molecule has 28 heavy (non-hydrogen) atoms. The molecule has 1 atom stereocenters. The van der Waals surface area contributed by atoms with E-state index in [9.17, 15) is 18.8 Å². The van der Waals surface area contributed by atoms with Crippen molar-refractivity contribution >= 4 is 5.91 Å². The minimum atomic E-state index is -0.819. The Morgan fingerprint density at radius 1 is 1.14 bits per heavy atom. The van der Waals surface area contributed by atoms with E-state index in [0.717, 1.165) is 38.4 Å². The van der Waals surface area contributed by atoms with Crippen molar-refractivity contribution in [2.45, 2.75) is 25.8 Å². The van der Waals surface area contributed by atoms with Gasteiger partial charge in [-0.25, -0.2) is 8.78 Å². The Labute approximate surface area is 162 Å². The lowest BCUT2D eigenvalue weighted by Crippen LogP contribution is -2.45. The van der Waals surface area contributed by atoms with Crippen molar-refractivity contribution in [3.63, 3.8) is 0 Å². The standard InChI is InChI=1S/C21H23F2N3O2/c22-18-6-1-4-16(19(18)23)12-24-9-3-7-21(14-24)8-11-25(15-21)20(27)17-5-2-10-26(28)13-17/h1-2,4-6,10,13H,3,7-9,11-12,14-15H2/t21-/m1/s1. The highest BCUT2D eigenvalue weighted by molar-refractivity contribution is 5.93. The van der Waals surface area contributed by atoms with Gasteiger partial charge >= 0.3 is 0 Å². The zero-order valence-electron chi connectivity index (χ0n) is 15.6. The van der Waals surface area contributed by atoms with Crippen LogP contribution in [0, 0.1) is 22.3 Å². The predicted molar refractivity (Wildman–Crippen MR) is 99.2 cm³/mol. The summed E-state index contributed by atoms with van der Waals surface area (Å²) in [5, 5.41) is 11.5. The number of hydrogen-bond acceptors (Lipinski definition) is 3. The summed E-state index contributed by atoms with van der Waals surface area (Å²) in [5.74, 6) is -1.73. The second-order valence-electron chi connectivity index (χ2n) is 7.96. The van der Waals surface area contributed by atoms with Crippen LogP contribution >= 0.6 is 0 Å². The first kappa shape index (κ1) is 18.8. The number of nitrogens with zero attached hydrogens (tertiary/aromatic N) is 3. The van der Waals surface area contributed by atoms with E-state index < -0.39 is 11.6 Å². The SMILES string of the molecule is O=C(c1ccc[n+]([O-])c1)N1CC[C@@]2(CCCN(Cc3cccc(F)c3F)C2)C1. The highest BCUT2D eigenvalue weighted by atomic mass is 19.2. The topological polar surface area (TPSA) is 50.5 Å². The summed E-state index contributed by atoms with van der Waals surface area (Å²) in [7, 11) is 0. The number of hydrogen-bond donors (Lipinski definition) is 0. The summed E-state index contributed by atoms with van der Waals surface area (Å²) in [6, 6.07) is 7.51. The molecular weight excluding hydrogens is 364 g/mol. The number of rotatable bonds is 3. The van der Waals surface area contributed by atoms with Crippen molar-refractivity contribution < 1.29 is 18.3 Å². The van der Waals surface area contributed by atoms with Crippen molar-refractivity contribution in [2.24, 2.45) is 5.41 Å². The lowest BCUT2D eigenvalue weighted by Gasteiger charge is -2.40. The molecule has 0 aliphatic carbocycles. The van der Waals surface area contributed by atoms with Crippen LogP contribution in [-0.2, 0) is 6.54 Å². The van der Waals surface area contributed by atoms with Gasteiger partial charge in [0.15, 0.2) is 24.0 Å². The van der Waals surface area contributed by atoms with Crippen molar-refractivity contribution in [3.05, 3.63) is 70.7 Å². The van der Waals surface area contributed by atoms with E-state index in [4.69, 9.17) is 0 Å². The Hall–Kier alpha value is -2.54. The molecule has 2 aromatic rings. The molecule has 3 heterocycles.